The third-order valence-corrected chi connectivity index (χ3v) is 5.99. The van der Waals surface area contributed by atoms with E-state index in [9.17, 15) is 4.79 Å². The summed E-state index contributed by atoms with van der Waals surface area (Å²) >= 11 is 1.50. The number of methoxy groups -OCH3 is 1. The second kappa shape index (κ2) is 10.2. The summed E-state index contributed by atoms with van der Waals surface area (Å²) in [6.45, 7) is 4.94. The van der Waals surface area contributed by atoms with Gasteiger partial charge in [-0.2, -0.15) is 5.10 Å². The zero-order valence-electron chi connectivity index (χ0n) is 17.1. The quantitative estimate of drug-likeness (QED) is 0.550. The molecule has 1 fully saturated rings. The number of nitrogens with zero attached hydrogens (tertiary/aromatic N) is 5. The van der Waals surface area contributed by atoms with Gasteiger partial charge in [-0.15, -0.1) is 12.4 Å². The fourth-order valence-electron chi connectivity index (χ4n) is 3.36. The minimum absolute atomic E-state index is 0. The van der Waals surface area contributed by atoms with Gasteiger partial charge in [-0.25, -0.2) is 4.98 Å². The molecule has 0 saturated carbocycles. The SMILES string of the molecule is COc1ccc2nc(N(CCCN3CCOCC3)C(=O)c3ccn(C)n3)sc2c1.Cl. The molecule has 0 spiro atoms. The van der Waals surface area contributed by atoms with Crippen molar-refractivity contribution in [3.63, 3.8) is 0 Å². The first-order chi connectivity index (χ1) is 14.1. The number of hydrogen-bond donors (Lipinski definition) is 0. The average Bonchev–Trinajstić information content (AvgIpc) is 3.37. The van der Waals surface area contributed by atoms with Crippen molar-refractivity contribution in [3.8, 4) is 5.75 Å². The predicted octanol–water partition coefficient (Wildman–Crippen LogP) is 2.83. The molecule has 1 aliphatic heterocycles. The summed E-state index contributed by atoms with van der Waals surface area (Å²) in [5.74, 6) is 0.654. The molecule has 0 N–H and O–H groups in total. The summed E-state index contributed by atoms with van der Waals surface area (Å²) in [7, 11) is 3.45. The van der Waals surface area contributed by atoms with Gasteiger partial charge in [-0.3, -0.25) is 19.3 Å². The Morgan fingerprint density at radius 2 is 2.10 bits per heavy atom. The van der Waals surface area contributed by atoms with Gasteiger partial charge in [0, 0.05) is 39.4 Å². The molecular weight excluding hydrogens is 426 g/mol. The Kier molecular flexibility index (Phi) is 7.65. The van der Waals surface area contributed by atoms with E-state index in [0.29, 0.717) is 17.4 Å². The van der Waals surface area contributed by atoms with Crippen LogP contribution in [-0.4, -0.2) is 72.1 Å². The molecule has 4 rings (SSSR count). The lowest BCUT2D eigenvalue weighted by molar-refractivity contribution is 0.0376. The average molecular weight is 452 g/mol. The molecule has 0 atom stereocenters. The van der Waals surface area contributed by atoms with E-state index in [1.165, 1.54) is 11.3 Å². The van der Waals surface area contributed by atoms with Gasteiger partial charge in [-0.1, -0.05) is 11.3 Å². The molecule has 3 aromatic rings. The summed E-state index contributed by atoms with van der Waals surface area (Å²) < 4.78 is 13.4. The summed E-state index contributed by atoms with van der Waals surface area (Å²) in [4.78, 5) is 22.0. The van der Waals surface area contributed by atoms with Crippen LogP contribution in [0.15, 0.2) is 30.5 Å². The summed E-state index contributed by atoms with van der Waals surface area (Å²) in [5.41, 5.74) is 1.29. The van der Waals surface area contributed by atoms with Gasteiger partial charge in [0.2, 0.25) is 0 Å². The Morgan fingerprint density at radius 3 is 2.80 bits per heavy atom. The molecule has 2 aromatic heterocycles. The minimum atomic E-state index is -0.126. The van der Waals surface area contributed by atoms with Gasteiger partial charge < -0.3 is 9.47 Å². The van der Waals surface area contributed by atoms with Gasteiger partial charge in [0.15, 0.2) is 10.8 Å². The maximum atomic E-state index is 13.2. The van der Waals surface area contributed by atoms with Crippen LogP contribution in [0.3, 0.4) is 0 Å². The van der Waals surface area contributed by atoms with Gasteiger partial charge in [0.25, 0.3) is 5.91 Å². The highest BCUT2D eigenvalue weighted by Crippen LogP contribution is 2.32. The highest BCUT2D eigenvalue weighted by molar-refractivity contribution is 7.22. The predicted molar refractivity (Wildman–Crippen MR) is 120 cm³/mol. The van der Waals surface area contributed by atoms with Gasteiger partial charge in [0.05, 0.1) is 30.5 Å². The van der Waals surface area contributed by atoms with Crippen molar-refractivity contribution in [2.45, 2.75) is 6.42 Å². The third kappa shape index (κ3) is 5.10. The number of carbonyl (C=O) groups is 1. The molecule has 1 saturated heterocycles. The molecule has 3 heterocycles. The number of carbonyl (C=O) groups excluding carboxylic acids is 1. The number of aryl methyl sites for hydroxylation is 1. The monoisotopic (exact) mass is 451 g/mol. The van der Waals surface area contributed by atoms with Crippen molar-refractivity contribution in [1.29, 1.82) is 0 Å². The fourth-order valence-corrected chi connectivity index (χ4v) is 4.38. The van der Waals surface area contributed by atoms with E-state index in [4.69, 9.17) is 14.5 Å². The number of ether oxygens (including phenoxy) is 2. The molecule has 1 aromatic carbocycles. The van der Waals surface area contributed by atoms with E-state index in [-0.39, 0.29) is 18.3 Å². The van der Waals surface area contributed by atoms with Crippen LogP contribution >= 0.6 is 23.7 Å². The van der Waals surface area contributed by atoms with Crippen molar-refractivity contribution in [2.75, 3.05) is 51.4 Å². The number of amides is 1. The van der Waals surface area contributed by atoms with Gasteiger partial charge >= 0.3 is 0 Å². The van der Waals surface area contributed by atoms with Gasteiger partial charge in [0.1, 0.15) is 5.75 Å². The van der Waals surface area contributed by atoms with Crippen LogP contribution in [0.5, 0.6) is 5.75 Å². The van der Waals surface area contributed by atoms with E-state index in [2.05, 4.69) is 10.00 Å². The Bertz CT molecular complexity index is 986. The number of fused-ring (bicyclic) bond motifs is 1. The van der Waals surface area contributed by atoms with Crippen LogP contribution in [-0.2, 0) is 11.8 Å². The van der Waals surface area contributed by atoms with E-state index in [1.807, 2.05) is 25.2 Å². The Labute approximate surface area is 185 Å². The van der Waals surface area contributed by atoms with Crippen molar-refractivity contribution >= 4 is 45.0 Å². The Morgan fingerprint density at radius 1 is 1.30 bits per heavy atom. The molecule has 30 heavy (non-hydrogen) atoms. The number of benzene rings is 1. The Hall–Kier alpha value is -2.20. The van der Waals surface area contributed by atoms with E-state index >= 15 is 0 Å². The van der Waals surface area contributed by atoms with Gasteiger partial charge in [-0.05, 0) is 30.7 Å². The fraction of sp³-hybridized carbons (Fsp3) is 0.450. The number of hydrogen-bond acceptors (Lipinski definition) is 7. The van der Waals surface area contributed by atoms with Crippen LogP contribution in [0.1, 0.15) is 16.9 Å². The first-order valence-electron chi connectivity index (χ1n) is 9.70. The lowest BCUT2D eigenvalue weighted by Crippen LogP contribution is -2.39. The zero-order chi connectivity index (χ0) is 20.2. The van der Waals surface area contributed by atoms with Crippen molar-refractivity contribution in [1.82, 2.24) is 19.7 Å². The van der Waals surface area contributed by atoms with E-state index in [1.54, 1.807) is 29.0 Å². The molecule has 1 aliphatic rings. The zero-order valence-corrected chi connectivity index (χ0v) is 18.7. The molecule has 10 heteroatoms. The largest absolute Gasteiger partial charge is 0.497 e. The second-order valence-electron chi connectivity index (χ2n) is 6.97. The molecule has 0 radical (unpaired) electrons. The summed E-state index contributed by atoms with van der Waals surface area (Å²) in [5, 5.41) is 4.98. The third-order valence-electron chi connectivity index (χ3n) is 4.95. The van der Waals surface area contributed by atoms with Crippen molar-refractivity contribution in [3.05, 3.63) is 36.2 Å². The number of anilines is 1. The molecule has 8 nitrogen and oxygen atoms in total. The topological polar surface area (TPSA) is 72.7 Å². The molecule has 1 amide bonds. The number of morpholine rings is 1. The van der Waals surface area contributed by atoms with Crippen molar-refractivity contribution < 1.29 is 14.3 Å². The molecule has 0 aliphatic carbocycles. The maximum Gasteiger partial charge on any atom is 0.280 e. The Balaban J connectivity index is 0.00000256. The maximum absolute atomic E-state index is 13.2. The van der Waals surface area contributed by atoms with E-state index in [0.717, 1.165) is 55.2 Å². The summed E-state index contributed by atoms with van der Waals surface area (Å²) in [6, 6.07) is 7.50. The second-order valence-corrected chi connectivity index (χ2v) is 7.98. The van der Waals surface area contributed by atoms with E-state index < -0.39 is 0 Å². The normalized spacial score (nSPS) is 14.5. The number of aromatic nitrogens is 3. The molecular formula is C20H26ClN5O3S. The standard InChI is InChI=1S/C20H25N5O3S.ClH/c1-23-9-6-17(22-23)19(26)25(8-3-7-24-10-12-28-13-11-24)20-21-16-5-4-15(27-2)14-18(16)29-20;/h4-6,9,14H,3,7-8,10-13H2,1-2H3;1H. The van der Waals surface area contributed by atoms with Crippen LogP contribution in [0, 0.1) is 0 Å². The molecule has 0 bridgehead atoms. The smallest absolute Gasteiger partial charge is 0.280 e. The first-order valence-corrected chi connectivity index (χ1v) is 10.5. The van der Waals surface area contributed by atoms with Crippen LogP contribution < -0.4 is 9.64 Å². The minimum Gasteiger partial charge on any atom is -0.497 e. The van der Waals surface area contributed by atoms with Crippen LogP contribution in [0.2, 0.25) is 0 Å². The first kappa shape index (κ1) is 22.5. The number of thiazole rings is 1. The molecule has 0 unspecified atom stereocenters. The molecule has 162 valence electrons. The van der Waals surface area contributed by atoms with Crippen LogP contribution in [0.4, 0.5) is 5.13 Å². The van der Waals surface area contributed by atoms with Crippen molar-refractivity contribution in [2.24, 2.45) is 7.05 Å². The number of rotatable bonds is 7. The summed E-state index contributed by atoms with van der Waals surface area (Å²) in [6.07, 6.45) is 2.64. The highest BCUT2D eigenvalue weighted by atomic mass is 35.5. The highest BCUT2D eigenvalue weighted by Gasteiger charge is 2.23. The van der Waals surface area contributed by atoms with Crippen LogP contribution in [0.25, 0.3) is 10.2 Å². The lowest BCUT2D eigenvalue weighted by atomic mass is 10.3. The number of halogens is 1. The lowest BCUT2D eigenvalue weighted by Gasteiger charge is -2.27.